The highest BCUT2D eigenvalue weighted by Crippen LogP contribution is 2.41. The molecule has 0 spiro atoms. The van der Waals surface area contributed by atoms with Crippen LogP contribution >= 0.6 is 0 Å². The molecule has 0 bridgehead atoms. The maximum Gasteiger partial charge on any atom is 0.285 e. The van der Waals surface area contributed by atoms with Crippen molar-refractivity contribution >= 4 is 21.8 Å². The minimum Gasteiger partial charge on any atom is -0.355 e. The van der Waals surface area contributed by atoms with Gasteiger partial charge in [-0.05, 0) is 49.3 Å². The van der Waals surface area contributed by atoms with E-state index in [0.717, 1.165) is 31.2 Å². The molecule has 7 heteroatoms. The minimum absolute atomic E-state index is 0.0511. The number of carbonyl (C=O) groups excluding carboxylic acids is 1. The monoisotopic (exact) mass is 423 g/mol. The third-order valence-corrected chi connectivity index (χ3v) is 7.58. The number of rotatable bonds is 4. The molecule has 0 radical (unpaired) electrons. The van der Waals surface area contributed by atoms with Gasteiger partial charge in [-0.15, -0.1) is 4.40 Å². The summed E-state index contributed by atoms with van der Waals surface area (Å²) < 4.78 is 28.9. The number of hydrogen-bond acceptors (Lipinski definition) is 4. The first-order valence-corrected chi connectivity index (χ1v) is 12.0. The Morgan fingerprint density at radius 2 is 1.77 bits per heavy atom. The summed E-state index contributed by atoms with van der Waals surface area (Å²) in [4.78, 5) is 15.4. The third kappa shape index (κ3) is 3.62. The zero-order valence-corrected chi connectivity index (χ0v) is 17.5. The highest BCUT2D eigenvalue weighted by Gasteiger charge is 2.38. The standard InChI is InChI=1S/C23H25N3O3S/c27-23(24-21(17-12-13-17)16-7-2-1-3-8-16)18-9-6-14-26(15-18)22-19-10-4-5-11-20(19)30(28,29)25-22/h1-5,7-8,10-11,17-18,21H,6,9,12-15H2,(H,24,27). The third-order valence-electron chi connectivity index (χ3n) is 6.25. The molecule has 0 aromatic heterocycles. The molecule has 2 fully saturated rings. The quantitative estimate of drug-likeness (QED) is 0.820. The number of nitrogens with one attached hydrogen (secondary N) is 1. The molecule has 2 unspecified atom stereocenters. The van der Waals surface area contributed by atoms with E-state index in [0.29, 0.717) is 30.4 Å². The fourth-order valence-corrected chi connectivity index (χ4v) is 5.76. The largest absolute Gasteiger partial charge is 0.355 e. The van der Waals surface area contributed by atoms with Crippen LogP contribution in [0.4, 0.5) is 0 Å². The fourth-order valence-electron chi connectivity index (χ4n) is 4.53. The van der Waals surface area contributed by atoms with Crippen LogP contribution in [-0.2, 0) is 14.8 Å². The van der Waals surface area contributed by atoms with E-state index in [9.17, 15) is 13.2 Å². The minimum atomic E-state index is -3.65. The number of benzene rings is 2. The molecular weight excluding hydrogens is 398 g/mol. The molecule has 5 rings (SSSR count). The predicted molar refractivity (Wildman–Crippen MR) is 115 cm³/mol. The van der Waals surface area contributed by atoms with Crippen molar-refractivity contribution in [1.29, 1.82) is 0 Å². The molecule has 1 saturated heterocycles. The maximum atomic E-state index is 13.2. The van der Waals surface area contributed by atoms with Gasteiger partial charge in [-0.3, -0.25) is 4.79 Å². The fraction of sp³-hybridized carbons (Fsp3) is 0.391. The lowest BCUT2D eigenvalue weighted by molar-refractivity contribution is -0.127. The number of fused-ring (bicyclic) bond motifs is 1. The molecular formula is C23H25N3O3S. The number of sulfonamides is 1. The van der Waals surface area contributed by atoms with Crippen molar-refractivity contribution in [3.63, 3.8) is 0 Å². The van der Waals surface area contributed by atoms with Crippen molar-refractivity contribution in [2.75, 3.05) is 13.1 Å². The van der Waals surface area contributed by atoms with Crippen LogP contribution in [0.15, 0.2) is 63.9 Å². The topological polar surface area (TPSA) is 78.8 Å². The number of likely N-dealkylation sites (tertiary alicyclic amines) is 1. The predicted octanol–water partition coefficient (Wildman–Crippen LogP) is 3.12. The number of hydrogen-bond donors (Lipinski definition) is 1. The highest BCUT2D eigenvalue weighted by atomic mass is 32.2. The lowest BCUT2D eigenvalue weighted by Gasteiger charge is -2.34. The molecule has 2 atom stereocenters. The SMILES string of the molecule is O=C(NC(c1ccccc1)C1CC1)C1CCCN(C2=NS(=O)(=O)c3ccccc32)C1. The van der Waals surface area contributed by atoms with Gasteiger partial charge in [0.2, 0.25) is 5.91 Å². The van der Waals surface area contributed by atoms with Crippen LogP contribution in [0.3, 0.4) is 0 Å². The molecule has 1 amide bonds. The van der Waals surface area contributed by atoms with Crippen molar-refractivity contribution in [2.45, 2.75) is 36.6 Å². The van der Waals surface area contributed by atoms with E-state index in [1.54, 1.807) is 18.2 Å². The summed E-state index contributed by atoms with van der Waals surface area (Å²) in [5, 5.41) is 3.29. The summed E-state index contributed by atoms with van der Waals surface area (Å²) in [7, 11) is -3.65. The zero-order valence-electron chi connectivity index (χ0n) is 16.7. The highest BCUT2D eigenvalue weighted by molar-refractivity contribution is 7.90. The normalized spacial score (nSPS) is 23.4. The molecule has 1 aliphatic carbocycles. The van der Waals surface area contributed by atoms with Gasteiger partial charge < -0.3 is 10.2 Å². The molecule has 2 heterocycles. The van der Waals surface area contributed by atoms with Crippen LogP contribution in [0.2, 0.25) is 0 Å². The first-order chi connectivity index (χ1) is 14.5. The molecule has 6 nitrogen and oxygen atoms in total. The number of piperidine rings is 1. The smallest absolute Gasteiger partial charge is 0.285 e. The van der Waals surface area contributed by atoms with E-state index in [-0.39, 0.29) is 22.8 Å². The van der Waals surface area contributed by atoms with Crippen molar-refractivity contribution in [1.82, 2.24) is 10.2 Å². The molecule has 2 aromatic carbocycles. The summed E-state index contributed by atoms with van der Waals surface area (Å²) in [6.45, 7) is 1.19. The first kappa shape index (κ1) is 19.3. The van der Waals surface area contributed by atoms with Crippen LogP contribution in [0.5, 0.6) is 0 Å². The van der Waals surface area contributed by atoms with Gasteiger partial charge in [0, 0.05) is 18.7 Å². The first-order valence-electron chi connectivity index (χ1n) is 10.6. The second kappa shape index (κ2) is 7.54. The van der Waals surface area contributed by atoms with E-state index < -0.39 is 10.0 Å². The van der Waals surface area contributed by atoms with Crippen molar-refractivity contribution in [3.05, 3.63) is 65.7 Å². The van der Waals surface area contributed by atoms with E-state index in [1.165, 1.54) is 0 Å². The Balaban J connectivity index is 1.33. The maximum absolute atomic E-state index is 13.2. The van der Waals surface area contributed by atoms with Gasteiger partial charge in [-0.2, -0.15) is 8.42 Å². The summed E-state index contributed by atoms with van der Waals surface area (Å²) in [5.41, 5.74) is 1.79. The summed E-state index contributed by atoms with van der Waals surface area (Å²) >= 11 is 0. The number of amides is 1. The van der Waals surface area contributed by atoms with Gasteiger partial charge in [0.05, 0.1) is 12.0 Å². The van der Waals surface area contributed by atoms with Gasteiger partial charge in [-0.1, -0.05) is 42.5 Å². The number of nitrogens with zero attached hydrogens (tertiary/aromatic N) is 2. The van der Waals surface area contributed by atoms with Crippen molar-refractivity contribution in [3.8, 4) is 0 Å². The lowest BCUT2D eigenvalue weighted by Crippen LogP contribution is -2.46. The van der Waals surface area contributed by atoms with Gasteiger partial charge >= 0.3 is 0 Å². The Bertz CT molecular complexity index is 1090. The summed E-state index contributed by atoms with van der Waals surface area (Å²) in [6.07, 6.45) is 3.92. The molecule has 1 N–H and O–H groups in total. The Hall–Kier alpha value is -2.67. The molecule has 30 heavy (non-hydrogen) atoms. The molecule has 156 valence electrons. The van der Waals surface area contributed by atoms with Gasteiger partial charge in [0.25, 0.3) is 10.0 Å². The molecule has 2 aliphatic heterocycles. The van der Waals surface area contributed by atoms with Crippen molar-refractivity contribution < 1.29 is 13.2 Å². The van der Waals surface area contributed by atoms with Crippen molar-refractivity contribution in [2.24, 2.45) is 16.2 Å². The van der Waals surface area contributed by atoms with E-state index >= 15 is 0 Å². The van der Waals surface area contributed by atoms with Crippen LogP contribution in [0, 0.1) is 11.8 Å². The number of carbonyl (C=O) groups is 1. The second-order valence-corrected chi connectivity index (χ2v) is 9.98. The summed E-state index contributed by atoms with van der Waals surface area (Å²) in [5.74, 6) is 0.856. The van der Waals surface area contributed by atoms with Crippen LogP contribution in [0.25, 0.3) is 0 Å². The van der Waals surface area contributed by atoms with Crippen LogP contribution < -0.4 is 5.32 Å². The second-order valence-electron chi connectivity index (χ2n) is 8.41. The number of amidine groups is 1. The Kier molecular flexibility index (Phi) is 4.85. The van der Waals surface area contributed by atoms with Crippen LogP contribution in [0.1, 0.15) is 42.9 Å². The van der Waals surface area contributed by atoms with E-state index in [2.05, 4.69) is 21.8 Å². The van der Waals surface area contributed by atoms with Gasteiger partial charge in [0.15, 0.2) is 5.84 Å². The molecule has 2 aromatic rings. The van der Waals surface area contributed by atoms with Crippen LogP contribution in [-0.4, -0.2) is 38.2 Å². The Labute approximate surface area is 177 Å². The zero-order chi connectivity index (χ0) is 20.7. The average Bonchev–Trinajstić information content (AvgIpc) is 3.57. The molecule has 3 aliphatic rings. The Morgan fingerprint density at radius 3 is 2.53 bits per heavy atom. The summed E-state index contributed by atoms with van der Waals surface area (Å²) in [6, 6.07) is 17.1. The van der Waals surface area contributed by atoms with E-state index in [1.807, 2.05) is 29.2 Å². The average molecular weight is 424 g/mol. The van der Waals surface area contributed by atoms with E-state index in [4.69, 9.17) is 0 Å². The Morgan fingerprint density at radius 1 is 1.03 bits per heavy atom. The lowest BCUT2D eigenvalue weighted by atomic mass is 9.94. The van der Waals surface area contributed by atoms with Gasteiger partial charge in [0.1, 0.15) is 4.90 Å². The molecule has 1 saturated carbocycles. The van der Waals surface area contributed by atoms with Gasteiger partial charge in [-0.25, -0.2) is 0 Å².